The average Bonchev–Trinajstić information content (AvgIpc) is 2.48. The maximum absolute atomic E-state index is 13.6. The molecule has 110 valence electrons. The molecule has 0 bridgehead atoms. The molecule has 1 aliphatic heterocycles. The van der Waals surface area contributed by atoms with Crippen LogP contribution in [0.2, 0.25) is 10.0 Å². The van der Waals surface area contributed by atoms with E-state index in [9.17, 15) is 4.39 Å². The van der Waals surface area contributed by atoms with Crippen molar-refractivity contribution in [3.63, 3.8) is 0 Å². The number of halogens is 3. The summed E-state index contributed by atoms with van der Waals surface area (Å²) < 4.78 is 29.8. The highest BCUT2D eigenvalue weighted by molar-refractivity contribution is 6.42. The van der Waals surface area contributed by atoms with Crippen molar-refractivity contribution in [3.05, 3.63) is 57.3 Å². The Morgan fingerprint density at radius 1 is 1.24 bits per heavy atom. The van der Waals surface area contributed by atoms with Crippen LogP contribution in [0.25, 0.3) is 0 Å². The average molecular weight is 329 g/mol. The van der Waals surface area contributed by atoms with Crippen LogP contribution in [-0.4, -0.2) is 6.79 Å². The van der Waals surface area contributed by atoms with Gasteiger partial charge in [0.1, 0.15) is 28.9 Å². The van der Waals surface area contributed by atoms with Crippen LogP contribution in [0.1, 0.15) is 11.1 Å². The topological polar surface area (TPSA) is 27.7 Å². The second kappa shape index (κ2) is 6.10. The van der Waals surface area contributed by atoms with Crippen LogP contribution in [0.3, 0.4) is 0 Å². The molecule has 0 saturated carbocycles. The van der Waals surface area contributed by atoms with E-state index in [2.05, 4.69) is 0 Å². The minimum atomic E-state index is -0.362. The van der Waals surface area contributed by atoms with Crippen LogP contribution in [-0.2, 0) is 18.0 Å². The minimum Gasteiger partial charge on any atom is -0.487 e. The summed E-state index contributed by atoms with van der Waals surface area (Å²) in [5.74, 6) is 0.675. The van der Waals surface area contributed by atoms with Gasteiger partial charge in [0.05, 0.1) is 11.6 Å². The highest BCUT2D eigenvalue weighted by atomic mass is 35.5. The molecule has 1 heterocycles. The van der Waals surface area contributed by atoms with Gasteiger partial charge in [-0.05, 0) is 24.3 Å². The highest BCUT2D eigenvalue weighted by Gasteiger charge is 2.17. The SMILES string of the molecule is Fc1cc2c(c(COc3cccc(Cl)c3Cl)c1)OCOC2. The fraction of sp³-hybridized carbons (Fsp3) is 0.200. The zero-order valence-corrected chi connectivity index (χ0v) is 12.4. The lowest BCUT2D eigenvalue weighted by atomic mass is 10.1. The van der Waals surface area contributed by atoms with Crippen molar-refractivity contribution >= 4 is 23.2 Å². The monoisotopic (exact) mass is 328 g/mol. The number of ether oxygens (including phenoxy) is 3. The van der Waals surface area contributed by atoms with E-state index in [0.29, 0.717) is 39.3 Å². The van der Waals surface area contributed by atoms with Gasteiger partial charge in [0.15, 0.2) is 6.79 Å². The molecule has 0 aliphatic carbocycles. The summed E-state index contributed by atoms with van der Waals surface area (Å²) in [6.45, 7) is 0.585. The van der Waals surface area contributed by atoms with Crippen LogP contribution in [0.5, 0.6) is 11.5 Å². The van der Waals surface area contributed by atoms with Gasteiger partial charge in [-0.1, -0.05) is 29.3 Å². The zero-order valence-electron chi connectivity index (χ0n) is 10.9. The third-order valence-corrected chi connectivity index (χ3v) is 3.85. The Morgan fingerprint density at radius 2 is 2.10 bits per heavy atom. The molecule has 0 spiro atoms. The summed E-state index contributed by atoms with van der Waals surface area (Å²) >= 11 is 12.0. The van der Waals surface area contributed by atoms with Crippen LogP contribution >= 0.6 is 23.2 Å². The molecule has 0 atom stereocenters. The Kier molecular flexibility index (Phi) is 4.19. The molecule has 0 amide bonds. The molecule has 0 radical (unpaired) electrons. The Hall–Kier alpha value is -1.49. The Bertz CT molecular complexity index is 676. The molecule has 2 aromatic rings. The number of hydrogen-bond donors (Lipinski definition) is 0. The number of rotatable bonds is 3. The van der Waals surface area contributed by atoms with Gasteiger partial charge >= 0.3 is 0 Å². The van der Waals surface area contributed by atoms with E-state index < -0.39 is 0 Å². The van der Waals surface area contributed by atoms with Gasteiger partial charge in [-0.15, -0.1) is 0 Å². The van der Waals surface area contributed by atoms with Crippen LogP contribution < -0.4 is 9.47 Å². The summed E-state index contributed by atoms with van der Waals surface area (Å²) in [7, 11) is 0. The molecule has 3 nitrogen and oxygen atoms in total. The first kappa shape index (κ1) is 14.4. The predicted octanol–water partition coefficient (Wildman–Crippen LogP) is 4.58. The fourth-order valence-electron chi connectivity index (χ4n) is 2.11. The van der Waals surface area contributed by atoms with Crippen molar-refractivity contribution < 1.29 is 18.6 Å². The van der Waals surface area contributed by atoms with Gasteiger partial charge in [-0.3, -0.25) is 0 Å². The van der Waals surface area contributed by atoms with Crippen molar-refractivity contribution in [3.8, 4) is 11.5 Å². The Balaban J connectivity index is 1.85. The Labute approximate surface area is 131 Å². The van der Waals surface area contributed by atoms with E-state index in [1.54, 1.807) is 18.2 Å². The fourth-order valence-corrected chi connectivity index (χ4v) is 2.46. The maximum Gasteiger partial charge on any atom is 0.189 e. The molecular weight excluding hydrogens is 318 g/mol. The molecular formula is C15H11Cl2FO3. The van der Waals surface area contributed by atoms with Gasteiger partial charge in [0.25, 0.3) is 0 Å². The van der Waals surface area contributed by atoms with Crippen LogP contribution in [0.4, 0.5) is 4.39 Å². The minimum absolute atomic E-state index is 0.125. The lowest BCUT2D eigenvalue weighted by Gasteiger charge is -2.21. The van der Waals surface area contributed by atoms with Crippen molar-refractivity contribution in [2.75, 3.05) is 6.79 Å². The van der Waals surface area contributed by atoms with Crippen molar-refractivity contribution in [1.82, 2.24) is 0 Å². The second-order valence-corrected chi connectivity index (χ2v) is 5.29. The molecule has 21 heavy (non-hydrogen) atoms. The van der Waals surface area contributed by atoms with Gasteiger partial charge in [-0.2, -0.15) is 0 Å². The Morgan fingerprint density at radius 3 is 2.95 bits per heavy atom. The van der Waals surface area contributed by atoms with Gasteiger partial charge in [0.2, 0.25) is 0 Å². The number of benzene rings is 2. The summed E-state index contributed by atoms with van der Waals surface area (Å²) in [6, 6.07) is 7.87. The van der Waals surface area contributed by atoms with Crippen LogP contribution in [0.15, 0.2) is 30.3 Å². The lowest BCUT2D eigenvalue weighted by molar-refractivity contribution is -0.0178. The lowest BCUT2D eigenvalue weighted by Crippen LogP contribution is -2.14. The first-order valence-corrected chi connectivity index (χ1v) is 6.99. The molecule has 0 unspecified atom stereocenters. The molecule has 6 heteroatoms. The van der Waals surface area contributed by atoms with Crippen LogP contribution in [0, 0.1) is 5.82 Å². The normalized spacial score (nSPS) is 13.5. The second-order valence-electron chi connectivity index (χ2n) is 4.50. The number of fused-ring (bicyclic) bond motifs is 1. The summed E-state index contributed by atoms with van der Waals surface area (Å²) in [5.41, 5.74) is 1.27. The van der Waals surface area contributed by atoms with E-state index in [-0.39, 0.29) is 19.2 Å². The van der Waals surface area contributed by atoms with E-state index in [1.807, 2.05) is 0 Å². The molecule has 0 saturated heterocycles. The van der Waals surface area contributed by atoms with Crippen molar-refractivity contribution in [1.29, 1.82) is 0 Å². The van der Waals surface area contributed by atoms with Crippen molar-refractivity contribution in [2.45, 2.75) is 13.2 Å². The highest BCUT2D eigenvalue weighted by Crippen LogP contribution is 2.34. The quantitative estimate of drug-likeness (QED) is 0.825. The van der Waals surface area contributed by atoms with Gasteiger partial charge < -0.3 is 14.2 Å². The number of hydrogen-bond acceptors (Lipinski definition) is 3. The smallest absolute Gasteiger partial charge is 0.189 e. The molecule has 1 aliphatic rings. The first-order chi connectivity index (χ1) is 10.1. The van der Waals surface area contributed by atoms with Gasteiger partial charge in [-0.25, -0.2) is 4.39 Å². The molecule has 3 rings (SSSR count). The summed E-state index contributed by atoms with van der Waals surface area (Å²) in [4.78, 5) is 0. The third kappa shape index (κ3) is 3.07. The summed E-state index contributed by atoms with van der Waals surface area (Å²) in [5, 5.41) is 0.730. The summed E-state index contributed by atoms with van der Waals surface area (Å²) in [6.07, 6.45) is 0. The standard InChI is InChI=1S/C15H11Cl2FO3/c16-12-2-1-3-13(14(12)17)20-7-10-5-11(18)4-9-6-19-8-21-15(9)10/h1-5H,6-8H2. The molecule has 0 fully saturated rings. The van der Waals surface area contributed by atoms with E-state index in [4.69, 9.17) is 37.4 Å². The molecule has 0 N–H and O–H groups in total. The first-order valence-electron chi connectivity index (χ1n) is 6.24. The van der Waals surface area contributed by atoms with Gasteiger partial charge in [0, 0.05) is 11.1 Å². The molecule has 2 aromatic carbocycles. The van der Waals surface area contributed by atoms with E-state index in [0.717, 1.165) is 0 Å². The molecule has 0 aromatic heterocycles. The van der Waals surface area contributed by atoms with Crippen molar-refractivity contribution in [2.24, 2.45) is 0 Å². The largest absolute Gasteiger partial charge is 0.487 e. The predicted molar refractivity (Wildman–Crippen MR) is 77.5 cm³/mol. The van der Waals surface area contributed by atoms with E-state index in [1.165, 1.54) is 12.1 Å². The zero-order chi connectivity index (χ0) is 14.8. The maximum atomic E-state index is 13.6. The van der Waals surface area contributed by atoms with E-state index >= 15 is 0 Å². The third-order valence-electron chi connectivity index (χ3n) is 3.05.